The second-order valence-corrected chi connectivity index (χ2v) is 5.89. The van der Waals surface area contributed by atoms with Crippen LogP contribution < -0.4 is 5.32 Å². The van der Waals surface area contributed by atoms with E-state index in [0.717, 1.165) is 11.3 Å². The molecule has 0 amide bonds. The summed E-state index contributed by atoms with van der Waals surface area (Å²) in [5.41, 5.74) is 1.93. The average molecular weight is 325 g/mol. The second kappa shape index (κ2) is 6.28. The molecule has 3 rings (SSSR count). The molecule has 1 aromatic carbocycles. The van der Waals surface area contributed by atoms with Gasteiger partial charge in [0.1, 0.15) is 5.76 Å². The maximum atomic E-state index is 12.5. The molecule has 3 nitrogen and oxygen atoms in total. The summed E-state index contributed by atoms with van der Waals surface area (Å²) < 4.78 is 41.5. The first-order valence-electron chi connectivity index (χ1n) is 7.55. The van der Waals surface area contributed by atoms with Crippen LogP contribution >= 0.6 is 0 Å². The third kappa shape index (κ3) is 3.69. The van der Waals surface area contributed by atoms with Gasteiger partial charge in [0.2, 0.25) is 0 Å². The number of fused-ring (bicyclic) bond motifs is 1. The largest absolute Gasteiger partial charge is 0.572 e. The number of allylic oxidation sites excluding steroid dienone is 4. The van der Waals surface area contributed by atoms with Crippen LogP contribution in [0.2, 0.25) is 0 Å². The van der Waals surface area contributed by atoms with E-state index in [9.17, 15) is 18.3 Å². The highest BCUT2D eigenvalue weighted by atomic mass is 19.4. The van der Waals surface area contributed by atoms with Crippen LogP contribution in [-0.2, 0) is 4.74 Å². The highest BCUT2D eigenvalue weighted by Crippen LogP contribution is 2.43. The second-order valence-electron chi connectivity index (χ2n) is 5.89. The van der Waals surface area contributed by atoms with E-state index in [-0.39, 0.29) is 36.7 Å². The Bertz CT molecular complexity index is 610. The molecule has 0 spiro atoms. The molecule has 124 valence electrons. The SMILES string of the molecule is OCC1CC(c2ccccc2)C2CC(OC(F)(F)F)=CC=C2N1. The number of aliphatic hydroxyl groups is 1. The third-order valence-electron chi connectivity index (χ3n) is 4.36. The summed E-state index contributed by atoms with van der Waals surface area (Å²) in [7, 11) is 0. The van der Waals surface area contributed by atoms with Gasteiger partial charge in [-0.15, -0.1) is 13.2 Å². The average Bonchev–Trinajstić information content (AvgIpc) is 2.53. The molecule has 0 saturated carbocycles. The fraction of sp³-hybridized carbons (Fsp3) is 0.412. The summed E-state index contributed by atoms with van der Waals surface area (Å²) >= 11 is 0. The van der Waals surface area contributed by atoms with Gasteiger partial charge >= 0.3 is 6.36 Å². The van der Waals surface area contributed by atoms with Crippen molar-refractivity contribution in [1.82, 2.24) is 5.32 Å². The molecule has 1 saturated heterocycles. The van der Waals surface area contributed by atoms with E-state index >= 15 is 0 Å². The van der Waals surface area contributed by atoms with E-state index in [0.29, 0.717) is 6.42 Å². The smallest absolute Gasteiger partial charge is 0.410 e. The van der Waals surface area contributed by atoms with E-state index in [1.807, 2.05) is 30.3 Å². The minimum Gasteiger partial charge on any atom is -0.410 e. The normalized spacial score (nSPS) is 27.4. The molecule has 1 aliphatic heterocycles. The first kappa shape index (κ1) is 15.9. The fourth-order valence-corrected chi connectivity index (χ4v) is 3.39. The van der Waals surface area contributed by atoms with Crippen LogP contribution in [0, 0.1) is 5.92 Å². The molecule has 0 bridgehead atoms. The zero-order valence-electron chi connectivity index (χ0n) is 12.4. The molecular formula is C17H18F3NO2. The Morgan fingerprint density at radius 1 is 1.13 bits per heavy atom. The number of aliphatic hydroxyl groups excluding tert-OH is 1. The lowest BCUT2D eigenvalue weighted by Crippen LogP contribution is -2.44. The van der Waals surface area contributed by atoms with Gasteiger partial charge in [0.15, 0.2) is 0 Å². The molecule has 1 fully saturated rings. The van der Waals surface area contributed by atoms with E-state index in [2.05, 4.69) is 10.1 Å². The molecule has 1 aliphatic carbocycles. The molecule has 3 atom stereocenters. The summed E-state index contributed by atoms with van der Waals surface area (Å²) in [6.07, 6.45) is -0.825. The van der Waals surface area contributed by atoms with Crippen LogP contribution in [0.1, 0.15) is 24.3 Å². The Labute approximate surface area is 132 Å². The standard InChI is InChI=1S/C17H18F3NO2/c18-17(19,20)23-13-6-7-16-15(9-13)14(8-12(10-22)21-16)11-4-2-1-3-5-11/h1-7,12,14-15,21-22H,8-10H2. The van der Waals surface area contributed by atoms with Crippen LogP contribution in [0.15, 0.2) is 53.9 Å². The Kier molecular flexibility index (Phi) is 4.35. The lowest BCUT2D eigenvalue weighted by atomic mass is 9.73. The molecule has 2 aliphatic rings. The Hall–Kier alpha value is -1.95. The predicted octanol–water partition coefficient (Wildman–Crippen LogP) is 3.45. The fourth-order valence-electron chi connectivity index (χ4n) is 3.39. The zero-order chi connectivity index (χ0) is 16.4. The van der Waals surface area contributed by atoms with Crippen molar-refractivity contribution in [3.05, 3.63) is 59.5 Å². The number of halogens is 3. The number of nitrogens with one attached hydrogen (secondary N) is 1. The van der Waals surface area contributed by atoms with Gasteiger partial charge in [0.25, 0.3) is 0 Å². The van der Waals surface area contributed by atoms with Crippen molar-refractivity contribution >= 4 is 0 Å². The van der Waals surface area contributed by atoms with E-state index in [1.165, 1.54) is 6.08 Å². The first-order valence-corrected chi connectivity index (χ1v) is 7.55. The van der Waals surface area contributed by atoms with E-state index in [4.69, 9.17) is 0 Å². The highest BCUT2D eigenvalue weighted by Gasteiger charge is 2.39. The van der Waals surface area contributed by atoms with Crippen LogP contribution in [0.3, 0.4) is 0 Å². The molecule has 0 radical (unpaired) electrons. The predicted molar refractivity (Wildman–Crippen MR) is 79.2 cm³/mol. The number of alkyl halides is 3. The summed E-state index contributed by atoms with van der Waals surface area (Å²) in [4.78, 5) is 0. The lowest BCUT2D eigenvalue weighted by Gasteiger charge is -2.41. The Morgan fingerprint density at radius 3 is 2.52 bits per heavy atom. The maximum absolute atomic E-state index is 12.5. The van der Waals surface area contributed by atoms with Crippen molar-refractivity contribution in [2.75, 3.05) is 6.61 Å². The van der Waals surface area contributed by atoms with Crippen molar-refractivity contribution in [2.24, 2.45) is 5.92 Å². The van der Waals surface area contributed by atoms with Crippen molar-refractivity contribution in [1.29, 1.82) is 0 Å². The molecule has 3 unspecified atom stereocenters. The molecule has 6 heteroatoms. The van der Waals surface area contributed by atoms with Gasteiger partial charge in [-0.1, -0.05) is 30.3 Å². The number of benzene rings is 1. The summed E-state index contributed by atoms with van der Waals surface area (Å²) in [6.45, 7) is -0.0109. The number of hydrogen-bond donors (Lipinski definition) is 2. The summed E-state index contributed by atoms with van der Waals surface area (Å²) in [6, 6.07) is 9.60. The van der Waals surface area contributed by atoms with E-state index < -0.39 is 6.36 Å². The first-order chi connectivity index (χ1) is 11.0. The van der Waals surface area contributed by atoms with Crippen molar-refractivity contribution in [3.8, 4) is 0 Å². The quantitative estimate of drug-likeness (QED) is 0.894. The van der Waals surface area contributed by atoms with Gasteiger partial charge in [-0.05, 0) is 30.1 Å². The maximum Gasteiger partial charge on any atom is 0.572 e. The molecular weight excluding hydrogens is 307 g/mol. The zero-order valence-corrected chi connectivity index (χ0v) is 12.4. The van der Waals surface area contributed by atoms with Crippen LogP contribution in [0.25, 0.3) is 0 Å². The monoisotopic (exact) mass is 325 g/mol. The summed E-state index contributed by atoms with van der Waals surface area (Å²) in [5, 5.41) is 12.7. The van der Waals surface area contributed by atoms with Gasteiger partial charge in [-0.2, -0.15) is 0 Å². The minimum absolute atomic E-state index is 0.0109. The minimum atomic E-state index is -4.67. The number of rotatable bonds is 3. The Morgan fingerprint density at radius 2 is 1.87 bits per heavy atom. The van der Waals surface area contributed by atoms with Crippen LogP contribution in [0.4, 0.5) is 13.2 Å². The van der Waals surface area contributed by atoms with Crippen molar-refractivity contribution in [2.45, 2.75) is 31.2 Å². The van der Waals surface area contributed by atoms with Gasteiger partial charge in [0, 0.05) is 24.1 Å². The molecule has 1 heterocycles. The van der Waals surface area contributed by atoms with Crippen molar-refractivity contribution in [3.63, 3.8) is 0 Å². The van der Waals surface area contributed by atoms with Gasteiger partial charge in [0.05, 0.1) is 6.61 Å². The molecule has 0 aromatic heterocycles. The lowest BCUT2D eigenvalue weighted by molar-refractivity contribution is -0.307. The topological polar surface area (TPSA) is 41.5 Å². The van der Waals surface area contributed by atoms with Crippen LogP contribution in [-0.4, -0.2) is 24.1 Å². The molecule has 1 aromatic rings. The van der Waals surface area contributed by atoms with Gasteiger partial charge < -0.3 is 15.2 Å². The molecule has 23 heavy (non-hydrogen) atoms. The molecule has 2 N–H and O–H groups in total. The van der Waals surface area contributed by atoms with Crippen molar-refractivity contribution < 1.29 is 23.0 Å². The summed E-state index contributed by atoms with van der Waals surface area (Å²) in [5.74, 6) is -0.139. The van der Waals surface area contributed by atoms with Crippen LogP contribution in [0.5, 0.6) is 0 Å². The number of hydrogen-bond acceptors (Lipinski definition) is 3. The third-order valence-corrected chi connectivity index (χ3v) is 4.36. The number of piperidine rings is 1. The number of ether oxygens (including phenoxy) is 1. The van der Waals surface area contributed by atoms with Gasteiger partial charge in [-0.25, -0.2) is 0 Å². The van der Waals surface area contributed by atoms with E-state index in [1.54, 1.807) is 6.08 Å². The van der Waals surface area contributed by atoms with Gasteiger partial charge in [-0.3, -0.25) is 0 Å². The highest BCUT2D eigenvalue weighted by molar-refractivity contribution is 5.32. The Balaban J connectivity index is 1.87.